The zero-order valence-electron chi connectivity index (χ0n) is 14.1. The molecule has 1 aliphatic rings. The van der Waals surface area contributed by atoms with Crippen LogP contribution >= 0.6 is 22.7 Å². The number of carbonyl (C=O) groups excluding carboxylic acids is 3. The highest BCUT2D eigenvalue weighted by Crippen LogP contribution is 2.26. The van der Waals surface area contributed by atoms with E-state index in [9.17, 15) is 14.4 Å². The summed E-state index contributed by atoms with van der Waals surface area (Å²) in [5.74, 6) is -1.43. The molecule has 9 heteroatoms. The van der Waals surface area contributed by atoms with Crippen molar-refractivity contribution in [3.63, 3.8) is 0 Å². The highest BCUT2D eigenvalue weighted by Gasteiger charge is 2.31. The van der Waals surface area contributed by atoms with Crippen molar-refractivity contribution in [2.24, 2.45) is 5.73 Å². The largest absolute Gasteiger partial charge is 0.455 e. The number of nitrogens with zero attached hydrogens (tertiary/aromatic N) is 2. The predicted octanol–water partition coefficient (Wildman–Crippen LogP) is 1.82. The number of rotatable bonds is 6. The van der Waals surface area contributed by atoms with Gasteiger partial charge in [-0.2, -0.15) is 11.3 Å². The van der Waals surface area contributed by atoms with Gasteiger partial charge < -0.3 is 15.4 Å². The number of ether oxygens (including phenoxy) is 1. The first kappa shape index (κ1) is 18.5. The van der Waals surface area contributed by atoms with Crippen molar-refractivity contribution < 1.29 is 19.1 Å². The highest BCUT2D eigenvalue weighted by molar-refractivity contribution is 7.14. The molecule has 1 aliphatic heterocycles. The number of aromatic nitrogens is 1. The lowest BCUT2D eigenvalue weighted by Gasteiger charge is -2.33. The Labute approximate surface area is 158 Å². The van der Waals surface area contributed by atoms with E-state index in [-0.39, 0.29) is 18.9 Å². The molecule has 7 nitrogen and oxygen atoms in total. The molecule has 26 heavy (non-hydrogen) atoms. The van der Waals surface area contributed by atoms with Crippen molar-refractivity contribution in [1.82, 2.24) is 9.88 Å². The summed E-state index contributed by atoms with van der Waals surface area (Å²) in [6.45, 7) is 0.0736. The van der Waals surface area contributed by atoms with E-state index in [0.29, 0.717) is 18.7 Å². The summed E-state index contributed by atoms with van der Waals surface area (Å²) in [6, 6.07) is 1.36. The van der Waals surface area contributed by atoms with Gasteiger partial charge >= 0.3 is 5.97 Å². The molecule has 138 valence electrons. The molecule has 3 rings (SSSR count). The quantitative estimate of drug-likeness (QED) is 0.754. The number of hydrogen-bond donors (Lipinski definition) is 1. The average Bonchev–Trinajstić information content (AvgIpc) is 3.31. The first-order chi connectivity index (χ1) is 12.5. The third kappa shape index (κ3) is 4.47. The van der Waals surface area contributed by atoms with Gasteiger partial charge in [0.2, 0.25) is 5.91 Å². The Morgan fingerprint density at radius 1 is 1.31 bits per heavy atom. The smallest absolute Gasteiger partial charge is 0.312 e. The highest BCUT2D eigenvalue weighted by atomic mass is 32.1. The molecule has 2 aromatic heterocycles. The van der Waals surface area contributed by atoms with Crippen LogP contribution in [-0.4, -0.2) is 46.9 Å². The van der Waals surface area contributed by atoms with Gasteiger partial charge in [0.1, 0.15) is 11.0 Å². The number of piperidine rings is 1. The zero-order valence-corrected chi connectivity index (χ0v) is 15.7. The molecule has 0 radical (unpaired) electrons. The van der Waals surface area contributed by atoms with Crippen LogP contribution < -0.4 is 5.73 Å². The number of nitrogens with two attached hydrogens (primary N) is 1. The van der Waals surface area contributed by atoms with Gasteiger partial charge in [-0.3, -0.25) is 14.4 Å². The van der Waals surface area contributed by atoms with Gasteiger partial charge in [-0.15, -0.1) is 11.3 Å². The van der Waals surface area contributed by atoms with Crippen molar-refractivity contribution in [2.45, 2.75) is 31.7 Å². The normalized spacial score (nSPS) is 17.1. The molecule has 0 bridgehead atoms. The maximum atomic E-state index is 12.3. The fourth-order valence-electron chi connectivity index (χ4n) is 2.86. The van der Waals surface area contributed by atoms with Crippen molar-refractivity contribution in [1.29, 1.82) is 0 Å². The third-order valence-electron chi connectivity index (χ3n) is 4.15. The summed E-state index contributed by atoms with van der Waals surface area (Å²) in [4.78, 5) is 41.5. The first-order valence-electron chi connectivity index (χ1n) is 8.26. The molecular weight excluding hydrogens is 374 g/mol. The molecule has 2 N–H and O–H groups in total. The van der Waals surface area contributed by atoms with E-state index in [1.54, 1.807) is 11.3 Å². The molecule has 0 spiro atoms. The van der Waals surface area contributed by atoms with Gasteiger partial charge in [0.05, 0.1) is 12.1 Å². The van der Waals surface area contributed by atoms with Crippen LogP contribution in [0.3, 0.4) is 0 Å². The molecule has 0 unspecified atom stereocenters. The molecule has 1 saturated heterocycles. The topological polar surface area (TPSA) is 103 Å². The van der Waals surface area contributed by atoms with Gasteiger partial charge in [-0.1, -0.05) is 0 Å². The minimum Gasteiger partial charge on any atom is -0.455 e. The SMILES string of the molecule is NC(=O)[C@@H]1CCCCN1C(=O)COC(=O)Cc1csc(-c2ccsc2)n1. The minimum absolute atomic E-state index is 0.00711. The lowest BCUT2D eigenvalue weighted by molar-refractivity contribution is -0.154. The summed E-state index contributed by atoms with van der Waals surface area (Å²) < 4.78 is 5.07. The summed E-state index contributed by atoms with van der Waals surface area (Å²) in [7, 11) is 0. The van der Waals surface area contributed by atoms with E-state index in [2.05, 4.69) is 4.98 Å². The maximum absolute atomic E-state index is 12.3. The van der Waals surface area contributed by atoms with Gasteiger partial charge in [-0.25, -0.2) is 4.98 Å². The van der Waals surface area contributed by atoms with E-state index in [1.807, 2.05) is 22.2 Å². The number of thiophene rings is 1. The van der Waals surface area contributed by atoms with Crippen molar-refractivity contribution in [3.05, 3.63) is 27.9 Å². The number of amides is 2. The average molecular weight is 393 g/mol. The fraction of sp³-hybridized carbons (Fsp3) is 0.412. The van der Waals surface area contributed by atoms with Gasteiger partial charge in [0.25, 0.3) is 5.91 Å². The molecule has 2 amide bonds. The van der Waals surface area contributed by atoms with Gasteiger partial charge in [-0.05, 0) is 30.7 Å². The number of carbonyl (C=O) groups is 3. The van der Waals surface area contributed by atoms with Crippen LogP contribution in [0.2, 0.25) is 0 Å². The molecule has 1 fully saturated rings. The molecule has 3 heterocycles. The number of esters is 1. The Morgan fingerprint density at radius 2 is 2.15 bits per heavy atom. The summed E-state index contributed by atoms with van der Waals surface area (Å²) >= 11 is 3.05. The second-order valence-electron chi connectivity index (χ2n) is 5.99. The number of hydrogen-bond acceptors (Lipinski definition) is 7. The molecule has 0 saturated carbocycles. The minimum atomic E-state index is -0.610. The van der Waals surface area contributed by atoms with Crippen LogP contribution in [-0.2, 0) is 25.5 Å². The number of primary amides is 1. The van der Waals surface area contributed by atoms with E-state index in [4.69, 9.17) is 10.5 Å². The van der Waals surface area contributed by atoms with Crippen molar-refractivity contribution in [2.75, 3.05) is 13.2 Å². The summed E-state index contributed by atoms with van der Waals surface area (Å²) in [5, 5.41) is 6.62. The molecule has 0 aliphatic carbocycles. The Morgan fingerprint density at radius 3 is 2.88 bits per heavy atom. The van der Waals surface area contributed by atoms with Crippen molar-refractivity contribution >= 4 is 40.5 Å². The summed E-state index contributed by atoms with van der Waals surface area (Å²) in [5.41, 5.74) is 6.99. The Hall–Kier alpha value is -2.26. The lowest BCUT2D eigenvalue weighted by atomic mass is 10.0. The molecular formula is C17H19N3O4S2. The summed E-state index contributed by atoms with van der Waals surface area (Å²) in [6.07, 6.45) is 2.23. The van der Waals surface area contributed by atoms with E-state index >= 15 is 0 Å². The van der Waals surface area contributed by atoms with E-state index in [0.717, 1.165) is 23.4 Å². The molecule has 0 aromatic carbocycles. The molecule has 2 aromatic rings. The monoisotopic (exact) mass is 393 g/mol. The van der Waals surface area contributed by atoms with Gasteiger partial charge in [0, 0.05) is 22.9 Å². The van der Waals surface area contributed by atoms with Crippen LogP contribution in [0.15, 0.2) is 22.2 Å². The first-order valence-corrected chi connectivity index (χ1v) is 10.1. The lowest BCUT2D eigenvalue weighted by Crippen LogP contribution is -2.51. The van der Waals surface area contributed by atoms with E-state index < -0.39 is 17.9 Å². The molecule has 1 atom stereocenters. The maximum Gasteiger partial charge on any atom is 0.312 e. The number of likely N-dealkylation sites (tertiary alicyclic amines) is 1. The van der Waals surface area contributed by atoms with Crippen LogP contribution in [0, 0.1) is 0 Å². The van der Waals surface area contributed by atoms with Crippen LogP contribution in [0.5, 0.6) is 0 Å². The zero-order chi connectivity index (χ0) is 18.5. The van der Waals surface area contributed by atoms with Crippen LogP contribution in [0.25, 0.3) is 10.6 Å². The van der Waals surface area contributed by atoms with Crippen LogP contribution in [0.4, 0.5) is 0 Å². The Balaban J connectivity index is 1.50. The van der Waals surface area contributed by atoms with Gasteiger partial charge in [0.15, 0.2) is 6.61 Å². The second-order valence-corrected chi connectivity index (χ2v) is 7.63. The third-order valence-corrected chi connectivity index (χ3v) is 5.78. The van der Waals surface area contributed by atoms with Crippen LogP contribution in [0.1, 0.15) is 25.0 Å². The second kappa shape index (κ2) is 8.41. The van der Waals surface area contributed by atoms with Crippen molar-refractivity contribution in [3.8, 4) is 10.6 Å². The predicted molar refractivity (Wildman–Crippen MR) is 98.6 cm³/mol. The van der Waals surface area contributed by atoms with E-state index in [1.165, 1.54) is 16.2 Å². The Kier molecular flexibility index (Phi) is 6.00. The number of thiazole rings is 1. The fourth-order valence-corrected chi connectivity index (χ4v) is 4.39. The standard InChI is InChI=1S/C17H19N3O4S2/c18-16(23)13-3-1-2-5-20(13)14(21)8-24-15(22)7-12-10-26-17(19-12)11-4-6-25-9-11/h4,6,9-10,13H,1-3,5,7-8H2,(H2,18,23)/t13-/m0/s1. The Bertz CT molecular complexity index is 788.